The number of carbonyl (C=O) groups is 3. The van der Waals surface area contributed by atoms with Crippen LogP contribution in [-0.2, 0) is 27.3 Å². The number of aliphatic carboxylic acids is 1. The number of carbonyl (C=O) groups excluding carboxylic acids is 2. The van der Waals surface area contributed by atoms with Crippen molar-refractivity contribution in [2.24, 2.45) is 0 Å². The molecule has 0 bridgehead atoms. The van der Waals surface area contributed by atoms with E-state index in [-0.39, 0.29) is 49.3 Å². The highest BCUT2D eigenvalue weighted by Gasteiger charge is 2.28. The average molecular weight is 533 g/mol. The fourth-order valence-electron chi connectivity index (χ4n) is 4.55. The van der Waals surface area contributed by atoms with E-state index in [2.05, 4.69) is 11.8 Å². The van der Waals surface area contributed by atoms with Crippen molar-refractivity contribution in [2.75, 3.05) is 19.7 Å². The molecule has 1 aliphatic heterocycles. The third-order valence-electron chi connectivity index (χ3n) is 6.55. The lowest BCUT2D eigenvalue weighted by atomic mass is 9.99. The molecule has 7 nitrogen and oxygen atoms in total. The van der Waals surface area contributed by atoms with Crippen molar-refractivity contribution >= 4 is 29.4 Å². The van der Waals surface area contributed by atoms with Gasteiger partial charge < -0.3 is 9.84 Å². The van der Waals surface area contributed by atoms with Gasteiger partial charge in [0.1, 0.15) is 18.2 Å². The van der Waals surface area contributed by atoms with Gasteiger partial charge in [-0.25, -0.2) is 4.39 Å². The molecule has 0 aliphatic carbocycles. The Kier molecular flexibility index (Phi) is 10.5. The number of benzene rings is 2. The third-order valence-corrected chi connectivity index (χ3v) is 6.86. The van der Waals surface area contributed by atoms with Gasteiger partial charge in [0.15, 0.2) is 0 Å². The maximum Gasteiger partial charge on any atom is 0.305 e. The fourth-order valence-corrected chi connectivity index (χ4v) is 4.67. The van der Waals surface area contributed by atoms with Crippen LogP contribution in [0.2, 0.25) is 5.02 Å². The number of hydrogen-bond donors (Lipinski definition) is 1. The van der Waals surface area contributed by atoms with Crippen LogP contribution in [0.5, 0.6) is 5.75 Å². The van der Waals surface area contributed by atoms with Crippen LogP contribution in [0.3, 0.4) is 0 Å². The Hall–Kier alpha value is -2.97. The number of imide groups is 1. The van der Waals surface area contributed by atoms with Crippen molar-refractivity contribution in [3.8, 4) is 5.75 Å². The second-order valence-electron chi connectivity index (χ2n) is 9.19. The molecular formula is C28H34ClFN2O5. The molecule has 0 radical (unpaired) electrons. The summed E-state index contributed by atoms with van der Waals surface area (Å²) in [4.78, 5) is 38.7. The van der Waals surface area contributed by atoms with E-state index in [1.165, 1.54) is 17.0 Å². The van der Waals surface area contributed by atoms with Crippen molar-refractivity contribution in [1.29, 1.82) is 0 Å². The second-order valence-corrected chi connectivity index (χ2v) is 9.60. The van der Waals surface area contributed by atoms with Gasteiger partial charge in [-0.2, -0.15) is 0 Å². The fraction of sp³-hybridized carbons (Fsp3) is 0.464. The summed E-state index contributed by atoms with van der Waals surface area (Å²) >= 11 is 5.87. The molecule has 200 valence electrons. The summed E-state index contributed by atoms with van der Waals surface area (Å²) in [7, 11) is 0. The first-order chi connectivity index (χ1) is 17.7. The Morgan fingerprint density at radius 1 is 1.16 bits per heavy atom. The highest BCUT2D eigenvalue weighted by molar-refractivity contribution is 6.30. The zero-order chi connectivity index (χ0) is 26.9. The van der Waals surface area contributed by atoms with Crippen molar-refractivity contribution in [1.82, 2.24) is 9.80 Å². The average Bonchev–Trinajstić information content (AvgIpc) is 3.19. The van der Waals surface area contributed by atoms with E-state index < -0.39 is 17.8 Å². The quantitative estimate of drug-likeness (QED) is 0.328. The Balaban J connectivity index is 1.78. The SMILES string of the molecule is CCCCN(Cc1ccc(OCCN2C(=O)CCC2=O)c(CC)c1)C(CC(=O)O)c1ccc(Cl)c(F)c1. The number of unbranched alkanes of at least 4 members (excludes halogenated alkanes) is 1. The van der Waals surface area contributed by atoms with Gasteiger partial charge in [-0.1, -0.05) is 50.1 Å². The summed E-state index contributed by atoms with van der Waals surface area (Å²) in [6.07, 6.45) is 2.85. The molecule has 2 aromatic rings. The van der Waals surface area contributed by atoms with Gasteiger partial charge in [0.25, 0.3) is 0 Å². The number of nitrogens with zero attached hydrogens (tertiary/aromatic N) is 2. The van der Waals surface area contributed by atoms with Gasteiger partial charge in [-0.05, 0) is 54.3 Å². The first kappa shape index (κ1) is 28.6. The molecule has 1 unspecified atom stereocenters. The Morgan fingerprint density at radius 2 is 1.89 bits per heavy atom. The summed E-state index contributed by atoms with van der Waals surface area (Å²) in [6, 6.07) is 9.77. The molecule has 0 aromatic heterocycles. The molecule has 9 heteroatoms. The highest BCUT2D eigenvalue weighted by atomic mass is 35.5. The molecule has 37 heavy (non-hydrogen) atoms. The number of likely N-dealkylation sites (tertiary alicyclic amines) is 1. The van der Waals surface area contributed by atoms with Crippen LogP contribution < -0.4 is 4.74 Å². The number of carboxylic acids is 1. The number of amides is 2. The number of ether oxygens (including phenoxy) is 1. The van der Waals surface area contributed by atoms with Crippen molar-refractivity contribution in [2.45, 2.75) is 65.0 Å². The largest absolute Gasteiger partial charge is 0.491 e. The van der Waals surface area contributed by atoms with Crippen LogP contribution in [-0.4, -0.2) is 52.4 Å². The van der Waals surface area contributed by atoms with Crippen LogP contribution in [0.25, 0.3) is 0 Å². The highest BCUT2D eigenvalue weighted by Crippen LogP contribution is 2.30. The van der Waals surface area contributed by atoms with Gasteiger partial charge in [0.2, 0.25) is 11.8 Å². The van der Waals surface area contributed by atoms with Crippen molar-refractivity contribution in [3.05, 3.63) is 63.9 Å². The molecule has 0 spiro atoms. The van der Waals surface area contributed by atoms with E-state index in [9.17, 15) is 23.9 Å². The molecule has 1 heterocycles. The first-order valence-corrected chi connectivity index (χ1v) is 13.1. The number of carboxylic acid groups (broad SMARTS) is 1. The van der Waals surface area contributed by atoms with Crippen LogP contribution in [0.1, 0.15) is 68.7 Å². The zero-order valence-electron chi connectivity index (χ0n) is 21.3. The van der Waals surface area contributed by atoms with E-state index in [0.717, 1.165) is 24.0 Å². The molecule has 2 amide bonds. The van der Waals surface area contributed by atoms with Gasteiger partial charge >= 0.3 is 5.97 Å². The molecule has 3 rings (SSSR count). The smallest absolute Gasteiger partial charge is 0.305 e. The van der Waals surface area contributed by atoms with Crippen LogP contribution in [0, 0.1) is 5.82 Å². The molecule has 1 N–H and O–H groups in total. The normalized spacial score (nSPS) is 14.5. The van der Waals surface area contributed by atoms with Crippen molar-refractivity contribution in [3.63, 3.8) is 0 Å². The predicted octanol–water partition coefficient (Wildman–Crippen LogP) is 5.39. The van der Waals surface area contributed by atoms with E-state index in [1.54, 1.807) is 6.07 Å². The number of halogens is 2. The van der Waals surface area contributed by atoms with Crippen LogP contribution in [0.15, 0.2) is 36.4 Å². The van der Waals surface area contributed by atoms with Gasteiger partial charge in [-0.15, -0.1) is 0 Å². The molecule has 1 aliphatic rings. The molecule has 1 fully saturated rings. The minimum Gasteiger partial charge on any atom is -0.491 e. The Bertz CT molecular complexity index is 1110. The summed E-state index contributed by atoms with van der Waals surface area (Å²) in [5.74, 6) is -1.18. The third kappa shape index (κ3) is 7.76. The maximum absolute atomic E-state index is 14.3. The molecule has 1 atom stereocenters. The predicted molar refractivity (Wildman–Crippen MR) is 139 cm³/mol. The van der Waals surface area contributed by atoms with Gasteiger partial charge in [0.05, 0.1) is 18.0 Å². The lowest BCUT2D eigenvalue weighted by Crippen LogP contribution is -2.33. The topological polar surface area (TPSA) is 87.2 Å². The van der Waals surface area contributed by atoms with E-state index >= 15 is 0 Å². The first-order valence-electron chi connectivity index (χ1n) is 12.7. The number of hydrogen-bond acceptors (Lipinski definition) is 5. The van der Waals surface area contributed by atoms with E-state index in [0.29, 0.717) is 30.8 Å². The van der Waals surface area contributed by atoms with E-state index in [4.69, 9.17) is 16.3 Å². The molecular weight excluding hydrogens is 499 g/mol. The van der Waals surface area contributed by atoms with Crippen molar-refractivity contribution < 1.29 is 28.6 Å². The maximum atomic E-state index is 14.3. The standard InChI is InChI=1S/C28H34ClFN2O5/c1-3-5-12-31(24(17-28(35)36)21-7-8-22(29)23(30)16-21)18-19-6-9-25(20(4-2)15-19)37-14-13-32-26(33)10-11-27(32)34/h6-9,15-16,24H,3-5,10-14,17-18H2,1-2H3,(H,35,36). The number of rotatable bonds is 14. The van der Waals surface area contributed by atoms with Gasteiger partial charge in [0, 0.05) is 25.4 Å². The lowest BCUT2D eigenvalue weighted by Gasteiger charge is -2.32. The molecule has 0 saturated carbocycles. The number of aryl methyl sites for hydroxylation is 1. The summed E-state index contributed by atoms with van der Waals surface area (Å²) in [5, 5.41) is 9.61. The Labute approximate surface area is 222 Å². The molecule has 1 saturated heterocycles. The summed E-state index contributed by atoms with van der Waals surface area (Å²) in [5.41, 5.74) is 2.52. The molecule has 2 aromatic carbocycles. The second kappa shape index (κ2) is 13.5. The summed E-state index contributed by atoms with van der Waals surface area (Å²) < 4.78 is 20.2. The van der Waals surface area contributed by atoms with Gasteiger partial charge in [-0.3, -0.25) is 24.2 Å². The summed E-state index contributed by atoms with van der Waals surface area (Å²) in [6.45, 7) is 5.65. The lowest BCUT2D eigenvalue weighted by molar-refractivity contribution is -0.140. The van der Waals surface area contributed by atoms with Crippen LogP contribution >= 0.6 is 11.6 Å². The Morgan fingerprint density at radius 3 is 2.51 bits per heavy atom. The minimum atomic E-state index is -0.963. The monoisotopic (exact) mass is 532 g/mol. The van der Waals surface area contributed by atoms with E-state index in [1.807, 2.05) is 25.1 Å². The van der Waals surface area contributed by atoms with Crippen LogP contribution in [0.4, 0.5) is 4.39 Å². The zero-order valence-corrected chi connectivity index (χ0v) is 22.1. The minimum absolute atomic E-state index is 0.000395.